The first kappa shape index (κ1) is 11.6. The van der Waals surface area contributed by atoms with Crippen LogP contribution in [0.5, 0.6) is 0 Å². The number of hydrogen-bond donors (Lipinski definition) is 1. The molecule has 1 aromatic heterocycles. The van der Waals surface area contributed by atoms with Crippen LogP contribution in [0.2, 0.25) is 0 Å². The molecule has 18 heavy (non-hydrogen) atoms. The first-order valence-electron chi connectivity index (χ1n) is 6.30. The average molecular weight is 243 g/mol. The highest BCUT2D eigenvalue weighted by atomic mass is 16.5. The van der Waals surface area contributed by atoms with E-state index in [0.717, 1.165) is 29.2 Å². The molecule has 0 radical (unpaired) electrons. The van der Waals surface area contributed by atoms with Crippen molar-refractivity contribution in [3.8, 4) is 0 Å². The largest absolute Gasteiger partial charge is 0.382 e. The van der Waals surface area contributed by atoms with Crippen molar-refractivity contribution in [2.45, 2.75) is 18.4 Å². The lowest BCUT2D eigenvalue weighted by atomic mass is 9.86. The molecule has 1 N–H and O–H groups in total. The highest BCUT2D eigenvalue weighted by Gasteiger charge is 2.45. The number of rotatable bonds is 4. The number of aromatic nitrogens is 1. The fourth-order valence-corrected chi connectivity index (χ4v) is 2.69. The summed E-state index contributed by atoms with van der Waals surface area (Å²) in [5.41, 5.74) is 0.0644. The molecule has 0 bridgehead atoms. The molecule has 0 saturated heterocycles. The normalized spacial score (nSPS) is 18.8. The zero-order valence-corrected chi connectivity index (χ0v) is 10.5. The van der Waals surface area contributed by atoms with E-state index >= 15 is 0 Å². The van der Waals surface area contributed by atoms with Crippen LogP contribution >= 0.6 is 0 Å². The summed E-state index contributed by atoms with van der Waals surface area (Å²) in [4.78, 5) is 4.17. The Kier molecular flexibility index (Phi) is 2.80. The molecule has 1 unspecified atom stereocenters. The minimum Gasteiger partial charge on any atom is -0.382 e. The number of ether oxygens (including phenoxy) is 1. The Balaban J connectivity index is 2.17. The van der Waals surface area contributed by atoms with Gasteiger partial charge in [-0.25, -0.2) is 0 Å². The molecule has 0 amide bonds. The van der Waals surface area contributed by atoms with Gasteiger partial charge in [-0.15, -0.1) is 0 Å². The van der Waals surface area contributed by atoms with E-state index in [1.807, 2.05) is 30.5 Å². The number of aliphatic hydroxyl groups is 1. The molecule has 3 rings (SSSR count). The minimum atomic E-state index is -0.878. The van der Waals surface area contributed by atoms with Gasteiger partial charge in [0.05, 0.1) is 6.61 Å². The van der Waals surface area contributed by atoms with Crippen molar-refractivity contribution in [3.63, 3.8) is 0 Å². The smallest absolute Gasteiger partial charge is 0.116 e. The van der Waals surface area contributed by atoms with Gasteiger partial charge in [-0.3, -0.25) is 4.98 Å². The predicted octanol–water partition coefficient (Wildman–Crippen LogP) is 2.48. The van der Waals surface area contributed by atoms with E-state index in [1.54, 1.807) is 13.3 Å². The molecular weight excluding hydrogens is 226 g/mol. The molecule has 1 saturated carbocycles. The van der Waals surface area contributed by atoms with Crippen LogP contribution in [0, 0.1) is 5.92 Å². The molecule has 94 valence electrons. The highest BCUT2D eigenvalue weighted by molar-refractivity contribution is 5.85. The van der Waals surface area contributed by atoms with E-state index in [4.69, 9.17) is 4.74 Å². The first-order chi connectivity index (χ1) is 8.75. The zero-order chi connectivity index (χ0) is 12.6. The van der Waals surface area contributed by atoms with Crippen molar-refractivity contribution in [3.05, 3.63) is 42.2 Å². The highest BCUT2D eigenvalue weighted by Crippen LogP contribution is 2.47. The topological polar surface area (TPSA) is 42.4 Å². The number of nitrogens with zero attached hydrogens (tertiary/aromatic N) is 1. The molecule has 1 fully saturated rings. The Bertz CT molecular complexity index is 560. The molecular formula is C15H17NO2. The summed E-state index contributed by atoms with van der Waals surface area (Å²) in [6, 6.07) is 7.99. The van der Waals surface area contributed by atoms with Crippen molar-refractivity contribution in [2.24, 2.45) is 5.92 Å². The average Bonchev–Trinajstić information content (AvgIpc) is 3.23. The van der Waals surface area contributed by atoms with Crippen LogP contribution in [0.1, 0.15) is 18.4 Å². The van der Waals surface area contributed by atoms with Crippen molar-refractivity contribution >= 4 is 10.8 Å². The summed E-state index contributed by atoms with van der Waals surface area (Å²) in [7, 11) is 1.64. The van der Waals surface area contributed by atoms with Gasteiger partial charge in [0.1, 0.15) is 5.60 Å². The number of hydrogen-bond acceptors (Lipinski definition) is 3. The summed E-state index contributed by atoms with van der Waals surface area (Å²) < 4.78 is 5.24. The second-order valence-corrected chi connectivity index (χ2v) is 5.03. The molecule has 1 aliphatic rings. The number of benzene rings is 1. The van der Waals surface area contributed by atoms with Crippen molar-refractivity contribution in [1.29, 1.82) is 0 Å². The van der Waals surface area contributed by atoms with Gasteiger partial charge in [0.15, 0.2) is 0 Å². The van der Waals surface area contributed by atoms with E-state index in [-0.39, 0.29) is 0 Å². The Hall–Kier alpha value is -1.45. The second kappa shape index (κ2) is 4.34. The molecule has 0 aliphatic heterocycles. The molecule has 3 heteroatoms. The van der Waals surface area contributed by atoms with Crippen molar-refractivity contribution < 1.29 is 9.84 Å². The van der Waals surface area contributed by atoms with E-state index in [2.05, 4.69) is 4.98 Å². The van der Waals surface area contributed by atoms with E-state index in [0.29, 0.717) is 12.5 Å². The Labute approximate surface area is 106 Å². The fraction of sp³-hybridized carbons (Fsp3) is 0.400. The van der Waals surface area contributed by atoms with E-state index in [1.165, 1.54) is 0 Å². The summed E-state index contributed by atoms with van der Waals surface area (Å²) in [6.45, 7) is 0.339. The molecule has 1 aromatic carbocycles. The minimum absolute atomic E-state index is 0.309. The van der Waals surface area contributed by atoms with Gasteiger partial charge in [0.2, 0.25) is 0 Å². The summed E-state index contributed by atoms with van der Waals surface area (Å²) >= 11 is 0. The van der Waals surface area contributed by atoms with Crippen LogP contribution in [0.25, 0.3) is 10.8 Å². The van der Waals surface area contributed by atoms with Gasteiger partial charge in [-0.2, -0.15) is 0 Å². The van der Waals surface area contributed by atoms with E-state index in [9.17, 15) is 5.11 Å². The third kappa shape index (κ3) is 1.80. The van der Waals surface area contributed by atoms with Crippen LogP contribution in [0.4, 0.5) is 0 Å². The molecule has 2 aromatic rings. The number of pyridine rings is 1. The molecule has 1 aliphatic carbocycles. The van der Waals surface area contributed by atoms with Gasteiger partial charge in [-0.05, 0) is 35.8 Å². The lowest BCUT2D eigenvalue weighted by molar-refractivity contribution is -0.0521. The Morgan fingerprint density at radius 1 is 1.39 bits per heavy atom. The van der Waals surface area contributed by atoms with Crippen molar-refractivity contribution in [2.75, 3.05) is 13.7 Å². The zero-order valence-electron chi connectivity index (χ0n) is 10.5. The summed E-state index contributed by atoms with van der Waals surface area (Å²) in [5, 5.41) is 13.1. The third-order valence-electron chi connectivity index (χ3n) is 3.77. The van der Waals surface area contributed by atoms with Crippen molar-refractivity contribution in [1.82, 2.24) is 4.98 Å². The van der Waals surface area contributed by atoms with Crippen LogP contribution in [0.3, 0.4) is 0 Å². The molecule has 1 heterocycles. The lowest BCUT2D eigenvalue weighted by Gasteiger charge is -2.29. The quantitative estimate of drug-likeness (QED) is 0.897. The van der Waals surface area contributed by atoms with Crippen LogP contribution in [0.15, 0.2) is 36.7 Å². The maximum atomic E-state index is 11.0. The maximum Gasteiger partial charge on any atom is 0.116 e. The van der Waals surface area contributed by atoms with Gasteiger partial charge < -0.3 is 9.84 Å². The molecule has 3 nitrogen and oxygen atoms in total. The lowest BCUT2D eigenvalue weighted by Crippen LogP contribution is -2.34. The van der Waals surface area contributed by atoms with Crippen LogP contribution in [-0.2, 0) is 10.3 Å². The van der Waals surface area contributed by atoms with Gasteiger partial charge in [0, 0.05) is 24.9 Å². The number of fused-ring (bicyclic) bond motifs is 1. The summed E-state index contributed by atoms with van der Waals surface area (Å²) in [5.74, 6) is 0.309. The standard InChI is InChI=1S/C15H17NO2/c1-18-10-15(17,12-5-6-12)14-4-2-3-11-7-8-16-9-13(11)14/h2-4,7-9,12,17H,5-6,10H2,1H3. The Morgan fingerprint density at radius 3 is 2.94 bits per heavy atom. The van der Waals surface area contributed by atoms with Crippen LogP contribution < -0.4 is 0 Å². The monoisotopic (exact) mass is 243 g/mol. The predicted molar refractivity (Wildman–Crippen MR) is 70.2 cm³/mol. The van der Waals surface area contributed by atoms with Crippen LogP contribution in [-0.4, -0.2) is 23.8 Å². The summed E-state index contributed by atoms with van der Waals surface area (Å²) in [6.07, 6.45) is 5.74. The van der Waals surface area contributed by atoms with E-state index < -0.39 is 5.60 Å². The van der Waals surface area contributed by atoms with Gasteiger partial charge in [-0.1, -0.05) is 18.2 Å². The van der Waals surface area contributed by atoms with Gasteiger partial charge >= 0.3 is 0 Å². The Morgan fingerprint density at radius 2 is 2.22 bits per heavy atom. The molecule has 0 spiro atoms. The maximum absolute atomic E-state index is 11.0. The first-order valence-corrected chi connectivity index (χ1v) is 6.30. The second-order valence-electron chi connectivity index (χ2n) is 5.03. The third-order valence-corrected chi connectivity index (χ3v) is 3.77. The molecule has 1 atom stereocenters. The SMILES string of the molecule is COCC(O)(c1cccc2ccncc12)C1CC1. The fourth-order valence-electron chi connectivity index (χ4n) is 2.69. The van der Waals surface area contributed by atoms with Gasteiger partial charge in [0.25, 0.3) is 0 Å². The number of methoxy groups -OCH3 is 1.